The highest BCUT2D eigenvalue weighted by Gasteiger charge is 2.20. The van der Waals surface area contributed by atoms with Crippen LogP contribution in [-0.2, 0) is 0 Å². The van der Waals surface area contributed by atoms with Crippen LogP contribution in [0.5, 0.6) is 5.75 Å². The van der Waals surface area contributed by atoms with Crippen molar-refractivity contribution in [3.8, 4) is 17.0 Å². The zero-order chi connectivity index (χ0) is 20.1. The Morgan fingerprint density at radius 3 is 3.07 bits per heavy atom. The van der Waals surface area contributed by atoms with Crippen LogP contribution >= 0.6 is 0 Å². The number of fused-ring (bicyclic) bond motifs is 1. The van der Waals surface area contributed by atoms with E-state index in [0.717, 1.165) is 53.8 Å². The third-order valence-electron chi connectivity index (χ3n) is 5.75. The van der Waals surface area contributed by atoms with Crippen LogP contribution in [0.4, 0.5) is 5.82 Å². The molecular weight excluding hydrogens is 366 g/mol. The SMILES string of the molecule is CCC1CCCCN1CCCNc1ncnc2onc(-c3cccc(OC)c3)c12. The van der Waals surface area contributed by atoms with Crippen LogP contribution in [0.1, 0.15) is 39.0 Å². The molecule has 1 atom stereocenters. The number of rotatable bonds is 8. The second-order valence-corrected chi connectivity index (χ2v) is 7.54. The number of anilines is 1. The first kappa shape index (κ1) is 19.6. The van der Waals surface area contributed by atoms with Crippen molar-refractivity contribution < 1.29 is 9.26 Å². The lowest BCUT2D eigenvalue weighted by Gasteiger charge is -2.35. The maximum Gasteiger partial charge on any atom is 0.263 e. The first-order valence-electron chi connectivity index (χ1n) is 10.5. The number of aromatic nitrogens is 3. The number of benzene rings is 1. The van der Waals surface area contributed by atoms with Crippen LogP contribution in [0, 0.1) is 0 Å². The minimum atomic E-state index is 0.488. The molecule has 0 bridgehead atoms. The Labute approximate surface area is 171 Å². The Bertz CT molecular complexity index is 942. The number of methoxy groups -OCH3 is 1. The normalized spacial score (nSPS) is 17.5. The Hall–Kier alpha value is -2.67. The van der Waals surface area contributed by atoms with E-state index in [9.17, 15) is 0 Å². The van der Waals surface area contributed by atoms with Gasteiger partial charge in [0.1, 0.15) is 29.0 Å². The summed E-state index contributed by atoms with van der Waals surface area (Å²) >= 11 is 0. The van der Waals surface area contributed by atoms with E-state index in [1.54, 1.807) is 7.11 Å². The molecule has 1 saturated heterocycles. The molecule has 0 amide bonds. The summed E-state index contributed by atoms with van der Waals surface area (Å²) < 4.78 is 10.8. The molecule has 154 valence electrons. The molecule has 7 heteroatoms. The van der Waals surface area contributed by atoms with Crippen molar-refractivity contribution in [3.63, 3.8) is 0 Å². The van der Waals surface area contributed by atoms with Crippen molar-refractivity contribution >= 4 is 16.9 Å². The van der Waals surface area contributed by atoms with E-state index in [1.165, 1.54) is 38.6 Å². The zero-order valence-electron chi connectivity index (χ0n) is 17.2. The fourth-order valence-corrected chi connectivity index (χ4v) is 4.19. The van der Waals surface area contributed by atoms with Gasteiger partial charge in [-0.05, 0) is 44.4 Å². The summed E-state index contributed by atoms with van der Waals surface area (Å²) in [4.78, 5) is 11.3. The first-order chi connectivity index (χ1) is 14.3. The molecule has 2 aromatic heterocycles. The molecule has 1 aliphatic heterocycles. The van der Waals surface area contributed by atoms with E-state index in [4.69, 9.17) is 9.26 Å². The largest absolute Gasteiger partial charge is 0.497 e. The van der Waals surface area contributed by atoms with E-state index in [2.05, 4.69) is 32.3 Å². The van der Waals surface area contributed by atoms with Gasteiger partial charge in [0.25, 0.3) is 5.71 Å². The number of ether oxygens (including phenoxy) is 1. The molecule has 0 spiro atoms. The highest BCUT2D eigenvalue weighted by molar-refractivity contribution is 5.97. The molecule has 0 aliphatic carbocycles. The lowest BCUT2D eigenvalue weighted by molar-refractivity contribution is 0.144. The van der Waals surface area contributed by atoms with Gasteiger partial charge in [-0.3, -0.25) is 0 Å². The fourth-order valence-electron chi connectivity index (χ4n) is 4.19. The van der Waals surface area contributed by atoms with E-state index < -0.39 is 0 Å². The summed E-state index contributed by atoms with van der Waals surface area (Å²) in [6, 6.07) is 8.51. The predicted octanol–water partition coefficient (Wildman–Crippen LogP) is 4.36. The predicted molar refractivity (Wildman–Crippen MR) is 114 cm³/mol. The summed E-state index contributed by atoms with van der Waals surface area (Å²) in [7, 11) is 1.65. The molecule has 0 saturated carbocycles. The molecule has 7 nitrogen and oxygen atoms in total. The van der Waals surface area contributed by atoms with E-state index in [1.807, 2.05) is 24.3 Å². The quantitative estimate of drug-likeness (QED) is 0.568. The summed E-state index contributed by atoms with van der Waals surface area (Å²) in [5.74, 6) is 1.54. The average molecular weight is 396 g/mol. The van der Waals surface area contributed by atoms with Crippen LogP contribution in [-0.4, -0.2) is 52.8 Å². The fraction of sp³-hybridized carbons (Fsp3) is 0.500. The van der Waals surface area contributed by atoms with Gasteiger partial charge in [-0.2, -0.15) is 4.98 Å². The number of piperidine rings is 1. The van der Waals surface area contributed by atoms with Crippen molar-refractivity contribution in [1.29, 1.82) is 0 Å². The van der Waals surface area contributed by atoms with Gasteiger partial charge in [-0.15, -0.1) is 0 Å². The number of hydrogen-bond acceptors (Lipinski definition) is 7. The molecule has 4 rings (SSSR count). The van der Waals surface area contributed by atoms with E-state index in [0.29, 0.717) is 5.71 Å². The van der Waals surface area contributed by atoms with Crippen molar-refractivity contribution in [2.24, 2.45) is 0 Å². The summed E-state index contributed by atoms with van der Waals surface area (Å²) in [6.07, 6.45) is 7.85. The summed E-state index contributed by atoms with van der Waals surface area (Å²) in [5.41, 5.74) is 2.13. The smallest absolute Gasteiger partial charge is 0.263 e. The molecule has 3 aromatic rings. The third kappa shape index (κ3) is 4.34. The highest BCUT2D eigenvalue weighted by Crippen LogP contribution is 2.32. The van der Waals surface area contributed by atoms with Gasteiger partial charge in [-0.1, -0.05) is 30.6 Å². The second-order valence-electron chi connectivity index (χ2n) is 7.54. The monoisotopic (exact) mass is 395 g/mol. The number of likely N-dealkylation sites (tertiary alicyclic amines) is 1. The molecule has 1 aliphatic rings. The van der Waals surface area contributed by atoms with Gasteiger partial charge in [0, 0.05) is 24.7 Å². The number of hydrogen-bond donors (Lipinski definition) is 1. The lowest BCUT2D eigenvalue weighted by atomic mass is 10.00. The molecule has 29 heavy (non-hydrogen) atoms. The second kappa shape index (κ2) is 9.22. The lowest BCUT2D eigenvalue weighted by Crippen LogP contribution is -2.40. The Morgan fingerprint density at radius 2 is 2.21 bits per heavy atom. The van der Waals surface area contributed by atoms with Gasteiger partial charge in [0.15, 0.2) is 0 Å². The maximum absolute atomic E-state index is 5.46. The van der Waals surface area contributed by atoms with Crippen molar-refractivity contribution in [2.45, 2.75) is 45.1 Å². The van der Waals surface area contributed by atoms with Crippen LogP contribution in [0.3, 0.4) is 0 Å². The number of nitrogens with zero attached hydrogens (tertiary/aromatic N) is 4. The Morgan fingerprint density at radius 1 is 1.28 bits per heavy atom. The topological polar surface area (TPSA) is 76.3 Å². The van der Waals surface area contributed by atoms with E-state index >= 15 is 0 Å². The highest BCUT2D eigenvalue weighted by atomic mass is 16.5. The minimum absolute atomic E-state index is 0.488. The number of nitrogens with one attached hydrogen (secondary N) is 1. The Balaban J connectivity index is 1.47. The van der Waals surface area contributed by atoms with Crippen LogP contribution in [0.25, 0.3) is 22.4 Å². The maximum atomic E-state index is 5.46. The van der Waals surface area contributed by atoms with Crippen LogP contribution in [0.2, 0.25) is 0 Å². The Kier molecular flexibility index (Phi) is 6.24. The van der Waals surface area contributed by atoms with Gasteiger partial charge in [0.2, 0.25) is 0 Å². The van der Waals surface area contributed by atoms with Crippen molar-refractivity contribution in [3.05, 3.63) is 30.6 Å². The molecule has 1 unspecified atom stereocenters. The van der Waals surface area contributed by atoms with Gasteiger partial charge in [-0.25, -0.2) is 4.98 Å². The summed E-state index contributed by atoms with van der Waals surface area (Å²) in [5, 5.41) is 8.53. The van der Waals surface area contributed by atoms with Crippen LogP contribution < -0.4 is 10.1 Å². The standard InChI is InChI=1S/C22H29N5O2/c1-3-17-9-4-5-12-27(17)13-7-11-23-21-19-20(26-29-22(19)25-15-24-21)16-8-6-10-18(14-16)28-2/h6,8,10,14-15,17H,3-5,7,9,11-13H2,1-2H3,(H,23,24,25). The average Bonchev–Trinajstić information content (AvgIpc) is 3.22. The third-order valence-corrected chi connectivity index (χ3v) is 5.75. The van der Waals surface area contributed by atoms with Crippen molar-refractivity contribution in [1.82, 2.24) is 20.0 Å². The van der Waals surface area contributed by atoms with Gasteiger partial charge < -0.3 is 19.5 Å². The first-order valence-corrected chi connectivity index (χ1v) is 10.5. The molecule has 0 radical (unpaired) electrons. The molecule has 3 heterocycles. The van der Waals surface area contributed by atoms with Gasteiger partial charge in [0.05, 0.1) is 7.11 Å². The molecular formula is C22H29N5O2. The molecule has 1 aromatic carbocycles. The minimum Gasteiger partial charge on any atom is -0.497 e. The van der Waals surface area contributed by atoms with Gasteiger partial charge >= 0.3 is 0 Å². The van der Waals surface area contributed by atoms with Crippen LogP contribution in [0.15, 0.2) is 35.1 Å². The van der Waals surface area contributed by atoms with Crippen molar-refractivity contribution in [2.75, 3.05) is 32.1 Å². The zero-order valence-corrected chi connectivity index (χ0v) is 17.2. The molecule has 1 N–H and O–H groups in total. The summed E-state index contributed by atoms with van der Waals surface area (Å²) in [6.45, 7) is 5.49. The molecule has 1 fully saturated rings. The van der Waals surface area contributed by atoms with E-state index in [-0.39, 0.29) is 0 Å².